The van der Waals surface area contributed by atoms with E-state index in [0.29, 0.717) is 29.3 Å². The number of nitrogens with zero attached hydrogens (tertiary/aromatic N) is 2. The second-order valence-corrected chi connectivity index (χ2v) is 11.3. The zero-order valence-corrected chi connectivity index (χ0v) is 23.9. The van der Waals surface area contributed by atoms with Gasteiger partial charge in [0.2, 0.25) is 11.8 Å². The zero-order valence-electron chi connectivity index (χ0n) is 23.1. The quantitative estimate of drug-likeness (QED) is 0.304. The molecular formula is C31H30N4O6S. The normalized spacial score (nSPS) is 12.9. The largest absolute Gasteiger partial charge is 0.493 e. The smallest absolute Gasteiger partial charge is 0.329 e. The Morgan fingerprint density at radius 1 is 1.02 bits per heavy atom. The van der Waals surface area contributed by atoms with Crippen molar-refractivity contribution in [2.75, 3.05) is 25.7 Å². The molecule has 1 atom stereocenters. The van der Waals surface area contributed by atoms with Gasteiger partial charge in [-0.15, -0.1) is 0 Å². The van der Waals surface area contributed by atoms with Crippen molar-refractivity contribution in [2.45, 2.75) is 23.8 Å². The minimum absolute atomic E-state index is 0.115. The SMILES string of the molecule is COc1ccc(-c2ccccc2S(=O)(=O)NC(=O)N[C@@H](Cc2ccccc2)C(=O)N(C)c2ccc3c(c2)CCO3)cn1. The summed E-state index contributed by atoms with van der Waals surface area (Å²) in [4.78, 5) is 32.3. The Balaban J connectivity index is 1.37. The van der Waals surface area contributed by atoms with Gasteiger partial charge in [-0.3, -0.25) is 4.79 Å². The van der Waals surface area contributed by atoms with Crippen LogP contribution in [0.5, 0.6) is 11.6 Å². The molecule has 0 unspecified atom stereocenters. The summed E-state index contributed by atoms with van der Waals surface area (Å²) in [6.07, 6.45) is 2.38. The molecular weight excluding hydrogens is 556 g/mol. The lowest BCUT2D eigenvalue weighted by Crippen LogP contribution is -2.52. The van der Waals surface area contributed by atoms with E-state index in [1.54, 1.807) is 43.4 Å². The van der Waals surface area contributed by atoms with Crippen molar-refractivity contribution in [2.24, 2.45) is 0 Å². The number of amides is 3. The highest BCUT2D eigenvalue weighted by Gasteiger charge is 2.29. The van der Waals surface area contributed by atoms with Crippen molar-refractivity contribution in [3.63, 3.8) is 0 Å². The third-order valence-electron chi connectivity index (χ3n) is 6.94. The zero-order chi connectivity index (χ0) is 29.7. The first-order valence-electron chi connectivity index (χ1n) is 13.2. The number of likely N-dealkylation sites (N-methyl/N-ethyl adjacent to an activating group) is 1. The van der Waals surface area contributed by atoms with Crippen LogP contribution >= 0.6 is 0 Å². The Kier molecular flexibility index (Phi) is 8.39. The van der Waals surface area contributed by atoms with Crippen LogP contribution < -0.4 is 24.4 Å². The van der Waals surface area contributed by atoms with E-state index in [0.717, 1.165) is 23.3 Å². The van der Waals surface area contributed by atoms with Crippen molar-refractivity contribution >= 4 is 27.6 Å². The summed E-state index contributed by atoms with van der Waals surface area (Å²) in [5.74, 6) is 0.757. The Bertz CT molecular complexity index is 1690. The fraction of sp³-hybridized carbons (Fsp3) is 0.194. The predicted molar refractivity (Wildman–Crippen MR) is 158 cm³/mol. The molecule has 2 N–H and O–H groups in total. The molecule has 0 bridgehead atoms. The van der Waals surface area contributed by atoms with Gasteiger partial charge in [-0.25, -0.2) is 22.9 Å². The summed E-state index contributed by atoms with van der Waals surface area (Å²) in [5.41, 5.74) is 3.31. The Morgan fingerprint density at radius 2 is 1.79 bits per heavy atom. The van der Waals surface area contributed by atoms with Crippen LogP contribution in [0.25, 0.3) is 11.1 Å². The van der Waals surface area contributed by atoms with Gasteiger partial charge < -0.3 is 19.7 Å². The molecule has 5 rings (SSSR count). The highest BCUT2D eigenvalue weighted by molar-refractivity contribution is 7.90. The molecule has 11 heteroatoms. The van der Waals surface area contributed by atoms with E-state index in [2.05, 4.69) is 15.0 Å². The number of hydrogen-bond acceptors (Lipinski definition) is 7. The molecule has 3 aromatic carbocycles. The van der Waals surface area contributed by atoms with Crippen LogP contribution in [0.2, 0.25) is 0 Å². The number of pyridine rings is 1. The van der Waals surface area contributed by atoms with Gasteiger partial charge in [0.1, 0.15) is 11.8 Å². The van der Waals surface area contributed by atoms with Gasteiger partial charge in [0.05, 0.1) is 18.6 Å². The summed E-state index contributed by atoms with van der Waals surface area (Å²) in [6, 6.07) is 22.1. The van der Waals surface area contributed by atoms with Crippen molar-refractivity contribution in [1.29, 1.82) is 0 Å². The molecule has 0 saturated carbocycles. The number of fused-ring (bicyclic) bond motifs is 1. The first kappa shape index (κ1) is 28.6. The number of hydrogen-bond donors (Lipinski definition) is 2. The predicted octanol–water partition coefficient (Wildman–Crippen LogP) is 3.95. The average Bonchev–Trinajstić information content (AvgIpc) is 3.48. The van der Waals surface area contributed by atoms with Crippen molar-refractivity contribution in [1.82, 2.24) is 15.0 Å². The van der Waals surface area contributed by atoms with E-state index in [1.807, 2.05) is 42.5 Å². The molecule has 0 fully saturated rings. The van der Waals surface area contributed by atoms with Gasteiger partial charge in [-0.05, 0) is 41.5 Å². The maximum atomic E-state index is 13.7. The molecule has 3 amide bonds. The number of aromatic nitrogens is 1. The summed E-state index contributed by atoms with van der Waals surface area (Å²) in [6.45, 7) is 0.585. The van der Waals surface area contributed by atoms with Gasteiger partial charge in [-0.1, -0.05) is 48.5 Å². The van der Waals surface area contributed by atoms with E-state index in [9.17, 15) is 18.0 Å². The molecule has 0 saturated heterocycles. The highest BCUT2D eigenvalue weighted by atomic mass is 32.2. The van der Waals surface area contributed by atoms with Crippen molar-refractivity contribution in [3.05, 3.63) is 102 Å². The standard InChI is InChI=1S/C31H30N4O6S/c1-35(24-13-14-27-22(19-24)16-17-41-27)30(36)26(18-21-8-4-3-5-9-21)33-31(37)34-42(38,39)28-11-7-6-10-25(28)23-12-15-29(40-2)32-20-23/h3-15,19-20,26H,16-18H2,1-2H3,(H2,33,34,37)/t26-/m0/s1. The Hall–Kier alpha value is -4.90. The molecule has 2 heterocycles. The number of nitrogens with one attached hydrogen (secondary N) is 2. The van der Waals surface area contributed by atoms with Crippen molar-refractivity contribution in [3.8, 4) is 22.8 Å². The van der Waals surface area contributed by atoms with E-state index in [-0.39, 0.29) is 11.3 Å². The van der Waals surface area contributed by atoms with Gasteiger partial charge in [-0.2, -0.15) is 0 Å². The number of sulfonamides is 1. The first-order chi connectivity index (χ1) is 20.2. The minimum atomic E-state index is -4.34. The minimum Gasteiger partial charge on any atom is -0.493 e. The summed E-state index contributed by atoms with van der Waals surface area (Å²) >= 11 is 0. The average molecular weight is 587 g/mol. The van der Waals surface area contributed by atoms with Crippen LogP contribution in [0.15, 0.2) is 96.0 Å². The third kappa shape index (κ3) is 6.36. The summed E-state index contributed by atoms with van der Waals surface area (Å²) in [7, 11) is -1.24. The second kappa shape index (κ2) is 12.3. The number of carbonyl (C=O) groups is 2. The molecule has 4 aromatic rings. The molecule has 0 aliphatic carbocycles. The van der Waals surface area contributed by atoms with Gasteiger partial charge in [0.15, 0.2) is 0 Å². The fourth-order valence-corrected chi connectivity index (χ4v) is 5.90. The van der Waals surface area contributed by atoms with Crippen LogP contribution in [0.3, 0.4) is 0 Å². The second-order valence-electron chi connectivity index (χ2n) is 9.69. The number of anilines is 1. The number of methoxy groups -OCH3 is 1. The number of carbonyl (C=O) groups excluding carboxylic acids is 2. The Morgan fingerprint density at radius 3 is 2.52 bits per heavy atom. The lowest BCUT2D eigenvalue weighted by molar-refractivity contribution is -0.120. The van der Waals surface area contributed by atoms with Gasteiger partial charge >= 0.3 is 6.03 Å². The van der Waals surface area contributed by atoms with Crippen LogP contribution in [-0.2, 0) is 27.7 Å². The topological polar surface area (TPSA) is 127 Å². The number of urea groups is 1. The molecule has 0 spiro atoms. The molecule has 42 heavy (non-hydrogen) atoms. The third-order valence-corrected chi connectivity index (χ3v) is 8.33. The van der Waals surface area contributed by atoms with Crippen LogP contribution in [0.1, 0.15) is 11.1 Å². The number of ether oxygens (including phenoxy) is 2. The molecule has 1 aliphatic heterocycles. The van der Waals surface area contributed by atoms with Crippen LogP contribution in [0.4, 0.5) is 10.5 Å². The molecule has 216 valence electrons. The van der Waals surface area contributed by atoms with E-state index < -0.39 is 28.0 Å². The monoisotopic (exact) mass is 586 g/mol. The first-order valence-corrected chi connectivity index (χ1v) is 14.7. The summed E-state index contributed by atoms with van der Waals surface area (Å²) in [5, 5.41) is 2.59. The highest BCUT2D eigenvalue weighted by Crippen LogP contribution is 2.30. The maximum absolute atomic E-state index is 13.7. The number of benzene rings is 3. The van der Waals surface area contributed by atoms with E-state index in [4.69, 9.17) is 9.47 Å². The summed E-state index contributed by atoms with van der Waals surface area (Å²) < 4.78 is 39.6. The van der Waals surface area contributed by atoms with E-state index in [1.165, 1.54) is 24.3 Å². The van der Waals surface area contributed by atoms with Crippen LogP contribution in [0, 0.1) is 0 Å². The lowest BCUT2D eigenvalue weighted by atomic mass is 10.0. The number of rotatable bonds is 9. The fourth-order valence-electron chi connectivity index (χ4n) is 4.76. The van der Waals surface area contributed by atoms with Gasteiger partial charge in [0, 0.05) is 49.0 Å². The molecule has 0 radical (unpaired) electrons. The molecule has 10 nitrogen and oxygen atoms in total. The molecule has 1 aromatic heterocycles. The van der Waals surface area contributed by atoms with Crippen LogP contribution in [-0.4, -0.2) is 52.1 Å². The molecule has 1 aliphatic rings. The Labute approximate surface area is 244 Å². The van der Waals surface area contributed by atoms with Crippen molar-refractivity contribution < 1.29 is 27.5 Å². The lowest BCUT2D eigenvalue weighted by Gasteiger charge is -2.25. The van der Waals surface area contributed by atoms with E-state index >= 15 is 0 Å². The van der Waals surface area contributed by atoms with Gasteiger partial charge in [0.25, 0.3) is 10.0 Å². The maximum Gasteiger partial charge on any atom is 0.329 e.